The number of unbranched alkanes of at least 4 members (excludes halogenated alkanes) is 1. The van der Waals surface area contributed by atoms with Crippen LogP contribution in [0, 0.1) is 11.3 Å². The zero-order valence-corrected chi connectivity index (χ0v) is 77.3. The maximum atomic E-state index is 15.7. The molecule has 8 rings (SSSR count). The Morgan fingerprint density at radius 2 is 1.13 bits per heavy atom. The molecule has 14 atom stereocenters. The summed E-state index contributed by atoms with van der Waals surface area (Å²) in [5.41, 5.74) is 25.1. The van der Waals surface area contributed by atoms with Crippen LogP contribution in [0.15, 0.2) is 84.4 Å². The smallest absolute Gasteiger partial charge is 0.246 e. The molecule has 41 nitrogen and oxygen atoms in total. The number of primary amides is 2. The van der Waals surface area contributed by atoms with Crippen molar-refractivity contribution in [2.24, 2.45) is 28.9 Å². The van der Waals surface area contributed by atoms with Crippen LogP contribution in [-0.4, -0.2) is 315 Å². The Bertz CT molecular complexity index is 4920. The van der Waals surface area contributed by atoms with E-state index in [1.807, 2.05) is 25.1 Å². The minimum atomic E-state index is -1.84. The van der Waals surface area contributed by atoms with Gasteiger partial charge in [0.15, 0.2) is 5.96 Å². The Morgan fingerprint density at radius 3 is 1.76 bits per heavy atom. The third-order valence-electron chi connectivity index (χ3n) is 23.2. The number of hydrogen-bond donors (Lipinski definition) is 19. The first-order valence-electron chi connectivity index (χ1n) is 43.6. The molecule has 23 N–H and O–H groups in total. The Balaban J connectivity index is 1.18. The zero-order valence-electron chi connectivity index (χ0n) is 74.8. The summed E-state index contributed by atoms with van der Waals surface area (Å²) in [4.78, 5) is 257. The average molecular weight is 1880 g/mol. The highest BCUT2D eigenvalue weighted by molar-refractivity contribution is 8.00. The van der Waals surface area contributed by atoms with Crippen molar-refractivity contribution >= 4 is 162 Å². The molecule has 3 saturated heterocycles. The summed E-state index contributed by atoms with van der Waals surface area (Å²) < 4.78 is 0.824. The van der Waals surface area contributed by atoms with Crippen molar-refractivity contribution < 1.29 is 91.7 Å². The van der Waals surface area contributed by atoms with Crippen LogP contribution in [0.3, 0.4) is 0 Å². The fourth-order valence-electron chi connectivity index (χ4n) is 15.9. The normalized spacial score (nSPS) is 24.6. The van der Waals surface area contributed by atoms with E-state index in [-0.39, 0.29) is 114 Å². The number of thioether (sulfide) groups is 2. The summed E-state index contributed by atoms with van der Waals surface area (Å²) >= 11 is 3.45. The Labute approximate surface area is 771 Å². The quantitative estimate of drug-likeness (QED) is 0.0162. The summed E-state index contributed by atoms with van der Waals surface area (Å²) in [7, 11) is 3.93. The maximum Gasteiger partial charge on any atom is 0.246 e. The molecular weight excluding hydrogens is 1750 g/mol. The second kappa shape index (κ2) is 50.3. The largest absolute Gasteiger partial charge is 0.508 e. The van der Waals surface area contributed by atoms with Gasteiger partial charge in [0.1, 0.15) is 90.3 Å². The highest BCUT2D eigenvalue weighted by atomic mass is 32.2. The minimum Gasteiger partial charge on any atom is -0.508 e. The molecule has 3 aliphatic rings. The molecule has 5 heterocycles. The summed E-state index contributed by atoms with van der Waals surface area (Å²) in [5.74, 6) is -17.1. The number of nitrogens with two attached hydrogens (primary N) is 4. The fraction of sp³-hybridized carbons (Fsp3) is 0.540. The predicted molar refractivity (Wildman–Crippen MR) is 492 cm³/mol. The molecule has 17 amide bonds. The first-order chi connectivity index (χ1) is 62.4. The van der Waals surface area contributed by atoms with Gasteiger partial charge in [-0.15, -0.1) is 23.1 Å². The third-order valence-corrected chi connectivity index (χ3v) is 25.9. The molecule has 3 aromatic carbocycles. The van der Waals surface area contributed by atoms with Gasteiger partial charge in [0, 0.05) is 94.1 Å². The summed E-state index contributed by atoms with van der Waals surface area (Å²) in [6.07, 6.45) is 3.06. The molecule has 714 valence electrons. The molecule has 2 aromatic heterocycles. The van der Waals surface area contributed by atoms with Gasteiger partial charge in [-0.1, -0.05) is 82.1 Å². The lowest BCUT2D eigenvalue weighted by Crippen LogP contribution is -2.62. The number of amides is 17. The molecule has 44 heteroatoms. The number of hydrogen-bond acceptors (Lipinski definition) is 24. The number of phenols is 1. The topological polar surface area (TPSA) is 623 Å². The molecule has 0 aliphatic carbocycles. The number of aliphatic hydroxyl groups excluding tert-OH is 1. The standard InChI is InChI=1S/C87H124N22O19S3/c1-9-10-22-68-86(128)106(6)65(30-34-129-8)79(121)97-56(21-15-31-93-87(91)92)75(117)104-64(74(116)95-42-71(90)113)45-130-46-72(114)96-59(36-49-26-28-52(111)29-27-49)82(124)105(5)48(4)73(115)99-61(39-70(89)112)85(127)109-33-17-24-67(109)81(123)102-62(40-88)77(119)100-58(35-47(2)3)84(126)108-32-16-23-66(108)80(122)98-57(37-50-41-94-55-20-13-11-18-53(50)55)76(118)103-63(43-110)78(120)101-60(83(125)107(68)7)38-51-44-131-69-25-14-12-19-54(51)69/h11-14,18-20,25-29,41,44,47-48,56-68,94,110-111H,9-10,15-17,21-24,30-40,42-43,45-46,88H2,1-8H3,(H2,89,112)(H2,90,113)(H,95,116)(H,96,114)(H,97,121)(H,98,122)(H,99,115)(H,100,119)(H,101,120)(H,102,123)(H,103,118)(H,104,117)(H4,91,92,93)/t48-,56-,57-,58-,59-,60-,61-,62-,63-,64?,65-,66-,67-,68-/m0/s1. The van der Waals surface area contributed by atoms with Gasteiger partial charge in [-0.25, -0.2) is 0 Å². The van der Waals surface area contributed by atoms with Gasteiger partial charge in [0.25, 0.3) is 0 Å². The average Bonchev–Trinajstić information content (AvgIpc) is 1.56. The van der Waals surface area contributed by atoms with E-state index in [0.717, 1.165) is 41.4 Å². The van der Waals surface area contributed by atoms with E-state index in [1.165, 1.54) is 80.3 Å². The molecular formula is C87H124N22O19S3. The molecule has 0 spiro atoms. The number of phenolic OH excluding ortho intramolecular Hbond substituents is 1. The van der Waals surface area contributed by atoms with Crippen LogP contribution in [0.2, 0.25) is 0 Å². The highest BCUT2D eigenvalue weighted by Gasteiger charge is 2.45. The number of aromatic nitrogens is 1. The lowest BCUT2D eigenvalue weighted by atomic mass is 10.0. The number of likely N-dealkylation sites (N-methyl/N-ethyl adjacent to an activating group) is 3. The number of aromatic amines is 1. The van der Waals surface area contributed by atoms with Crippen molar-refractivity contribution in [1.82, 2.24) is 88.0 Å². The number of aliphatic hydroxyl groups is 1. The van der Waals surface area contributed by atoms with Gasteiger partial charge >= 0.3 is 0 Å². The van der Waals surface area contributed by atoms with Crippen LogP contribution in [0.25, 0.3) is 21.0 Å². The minimum absolute atomic E-state index is 0.00109. The van der Waals surface area contributed by atoms with E-state index in [1.54, 1.807) is 62.0 Å². The third kappa shape index (κ3) is 29.4. The number of carbonyl (C=O) groups excluding carboxylic acids is 17. The number of nitrogens with zero attached hydrogens (tertiary/aromatic N) is 5. The van der Waals surface area contributed by atoms with E-state index >= 15 is 33.6 Å². The number of rotatable bonds is 25. The number of benzene rings is 3. The van der Waals surface area contributed by atoms with Crippen LogP contribution < -0.4 is 81.4 Å². The van der Waals surface area contributed by atoms with Crippen molar-refractivity contribution in [2.75, 3.05) is 84.0 Å². The van der Waals surface area contributed by atoms with E-state index in [0.29, 0.717) is 40.4 Å². The van der Waals surface area contributed by atoms with Gasteiger partial charge < -0.3 is 121 Å². The molecule has 5 aromatic rings. The van der Waals surface area contributed by atoms with Crippen LogP contribution >= 0.6 is 34.9 Å². The lowest BCUT2D eigenvalue weighted by Gasteiger charge is -2.36. The van der Waals surface area contributed by atoms with Gasteiger partial charge in [0.05, 0.1) is 25.3 Å². The molecule has 0 saturated carbocycles. The Morgan fingerprint density at radius 1 is 0.573 bits per heavy atom. The molecule has 1 unspecified atom stereocenters. The SMILES string of the molecule is CCCC[C@H]1C(=O)N(C)[C@@H](CCSC)C(=O)N[C@@H](CCCNC(=N)N)C(=O)NC(C(=O)NCC(N)=O)CSCC(=O)N[C@@H](Cc2ccc(O)cc2)C(=O)N(C)[C@@H](C)C(=O)N[C@@H](CC(N)=O)C(=O)N2CCC[C@H]2C(=O)N[C@@H](CN)C(=O)N[C@@H](CC(C)C)C(=O)N2CCC[C@H]2C(=O)N[C@@H](Cc2c[nH]c3ccccc23)C(=O)N[C@@H](CO)C(=O)N[C@@H](Cc2csc3ccccc23)C(=O)N1C. The van der Waals surface area contributed by atoms with E-state index < -0.39 is 229 Å². The first kappa shape index (κ1) is 104. The number of H-pyrrole nitrogens is 1. The monoisotopic (exact) mass is 1880 g/mol. The molecule has 3 fully saturated rings. The summed E-state index contributed by atoms with van der Waals surface area (Å²) in [5, 5.41) is 61.4. The number of nitrogens with one attached hydrogen (secondary N) is 13. The van der Waals surface area contributed by atoms with Gasteiger partial charge in [-0.05, 0) is 134 Å². The lowest BCUT2D eigenvalue weighted by molar-refractivity contribution is -0.149. The number of thiophene rings is 1. The number of fused-ring (bicyclic) bond motifs is 4. The zero-order chi connectivity index (χ0) is 96.0. The van der Waals surface area contributed by atoms with E-state index in [9.17, 15) is 58.2 Å². The Hall–Kier alpha value is -12.2. The number of para-hydroxylation sites is 1. The van der Waals surface area contributed by atoms with Crippen LogP contribution in [0.1, 0.15) is 121 Å². The number of aromatic hydroxyl groups is 1. The van der Waals surface area contributed by atoms with Crippen molar-refractivity contribution in [2.45, 2.75) is 209 Å². The second-order valence-corrected chi connectivity index (χ2v) is 36.2. The van der Waals surface area contributed by atoms with Gasteiger partial charge in [-0.3, -0.25) is 86.9 Å². The van der Waals surface area contributed by atoms with E-state index in [2.05, 4.69) is 63.5 Å². The number of guanidine groups is 1. The van der Waals surface area contributed by atoms with Crippen LogP contribution in [-0.2, 0) is 101 Å². The number of carbonyl (C=O) groups is 17. The molecule has 0 radical (unpaired) electrons. The van der Waals surface area contributed by atoms with Gasteiger partial charge in [0.2, 0.25) is 100 Å². The van der Waals surface area contributed by atoms with Crippen molar-refractivity contribution in [3.63, 3.8) is 0 Å². The molecule has 131 heavy (non-hydrogen) atoms. The van der Waals surface area contributed by atoms with Crippen molar-refractivity contribution in [1.29, 1.82) is 5.41 Å². The van der Waals surface area contributed by atoms with Crippen LogP contribution in [0.4, 0.5) is 0 Å². The van der Waals surface area contributed by atoms with Gasteiger partial charge in [-0.2, -0.15) is 11.8 Å². The Kier molecular flexibility index (Phi) is 40.0. The molecule has 0 bridgehead atoms. The summed E-state index contributed by atoms with van der Waals surface area (Å²) in [6.45, 7) is 4.25. The second-order valence-electron chi connectivity index (χ2n) is 33.3. The molecule has 3 aliphatic heterocycles. The van der Waals surface area contributed by atoms with Crippen molar-refractivity contribution in [3.8, 4) is 5.75 Å². The summed E-state index contributed by atoms with van der Waals surface area (Å²) in [6, 6.07) is -1.18. The first-order valence-corrected chi connectivity index (χ1v) is 47.0. The highest BCUT2D eigenvalue weighted by Crippen LogP contribution is 2.30. The predicted octanol–water partition coefficient (Wildman–Crippen LogP) is -2.61. The van der Waals surface area contributed by atoms with Crippen LogP contribution in [0.5, 0.6) is 5.75 Å². The van der Waals surface area contributed by atoms with E-state index in [4.69, 9.17) is 28.3 Å². The van der Waals surface area contributed by atoms with Crippen molar-refractivity contribution in [3.05, 3.63) is 101 Å². The maximum absolute atomic E-state index is 15.7. The fourth-order valence-corrected chi connectivity index (χ4v) is 18.2.